The summed E-state index contributed by atoms with van der Waals surface area (Å²) in [4.78, 5) is 25.0. The Morgan fingerprint density at radius 2 is 1.95 bits per heavy atom. The van der Waals surface area contributed by atoms with Crippen molar-refractivity contribution in [1.82, 2.24) is 9.88 Å². The van der Waals surface area contributed by atoms with Crippen LogP contribution in [0.2, 0.25) is 0 Å². The van der Waals surface area contributed by atoms with Gasteiger partial charge in [0.05, 0.1) is 0 Å². The molecule has 1 aromatic carbocycles. The number of carbonyl (C=O) groups excluding carboxylic acids is 1. The number of amides is 1. The maximum absolute atomic E-state index is 13.4. The van der Waals surface area contributed by atoms with E-state index in [1.807, 2.05) is 0 Å². The number of hydrogen-bond donors (Lipinski definition) is 1. The van der Waals surface area contributed by atoms with Crippen LogP contribution in [0.4, 0.5) is 4.39 Å². The van der Waals surface area contributed by atoms with Crippen LogP contribution >= 0.6 is 0 Å². The van der Waals surface area contributed by atoms with Crippen LogP contribution in [-0.4, -0.2) is 16.5 Å². The summed E-state index contributed by atoms with van der Waals surface area (Å²) in [6.07, 6.45) is 3.80. The Hall–Kier alpha value is -2.17. The van der Waals surface area contributed by atoms with Crippen molar-refractivity contribution in [3.05, 3.63) is 46.1 Å². The second-order valence-corrected chi connectivity index (χ2v) is 5.92. The summed E-state index contributed by atoms with van der Waals surface area (Å²) in [7, 11) is 0. The lowest BCUT2D eigenvalue weighted by Gasteiger charge is -2.13. The van der Waals surface area contributed by atoms with Crippen molar-refractivity contribution in [1.29, 1.82) is 0 Å². The lowest BCUT2D eigenvalue weighted by atomic mass is 10.1. The van der Waals surface area contributed by atoms with Crippen LogP contribution in [0.15, 0.2) is 29.1 Å². The third-order valence-electron chi connectivity index (χ3n) is 4.07. The number of aromatic nitrogens is 1. The van der Waals surface area contributed by atoms with Gasteiger partial charge in [-0.25, -0.2) is 4.39 Å². The predicted molar refractivity (Wildman–Crippen MR) is 76.9 cm³/mol. The molecule has 0 aliphatic heterocycles. The number of benzene rings is 1. The van der Waals surface area contributed by atoms with Crippen molar-refractivity contribution in [2.24, 2.45) is 0 Å². The van der Waals surface area contributed by atoms with E-state index in [9.17, 15) is 14.0 Å². The fourth-order valence-electron chi connectivity index (χ4n) is 2.66. The van der Waals surface area contributed by atoms with E-state index in [4.69, 9.17) is 0 Å². The number of nitrogens with one attached hydrogen (secondary N) is 1. The van der Waals surface area contributed by atoms with Gasteiger partial charge < -0.3 is 9.88 Å². The number of hydrogen-bond acceptors (Lipinski definition) is 2. The Kier molecular flexibility index (Phi) is 2.64. The first-order valence-electron chi connectivity index (χ1n) is 7.29. The minimum absolute atomic E-state index is 0.104. The Balaban J connectivity index is 1.91. The second-order valence-electron chi connectivity index (χ2n) is 5.92. The van der Waals surface area contributed by atoms with E-state index in [0.717, 1.165) is 25.7 Å². The molecule has 2 fully saturated rings. The standard InChI is InChI=1S/C16H15FN2O2/c17-10-1-6-13-9(7-10)8-14(15(20)18-11-2-3-11)19(16(13)21)12-4-5-12/h1,6-8,11-12H,2-5H2,(H,18,20). The molecule has 0 spiro atoms. The van der Waals surface area contributed by atoms with Crippen LogP contribution in [0.1, 0.15) is 42.2 Å². The van der Waals surface area contributed by atoms with E-state index in [1.54, 1.807) is 10.6 Å². The summed E-state index contributed by atoms with van der Waals surface area (Å²) in [5, 5.41) is 3.86. The van der Waals surface area contributed by atoms with Crippen molar-refractivity contribution in [3.8, 4) is 0 Å². The van der Waals surface area contributed by atoms with Gasteiger partial charge in [0.15, 0.2) is 0 Å². The minimum atomic E-state index is -0.403. The maximum atomic E-state index is 13.4. The molecule has 108 valence electrons. The molecule has 0 unspecified atom stereocenters. The second kappa shape index (κ2) is 4.41. The highest BCUT2D eigenvalue weighted by Gasteiger charge is 2.31. The summed E-state index contributed by atoms with van der Waals surface area (Å²) < 4.78 is 15.0. The van der Waals surface area contributed by atoms with Gasteiger partial charge in [0, 0.05) is 17.5 Å². The van der Waals surface area contributed by atoms with Gasteiger partial charge in [-0.1, -0.05) is 0 Å². The zero-order valence-electron chi connectivity index (χ0n) is 11.4. The fraction of sp³-hybridized carbons (Fsp3) is 0.375. The number of fused-ring (bicyclic) bond motifs is 1. The Labute approximate surface area is 120 Å². The molecule has 0 bridgehead atoms. The van der Waals surface area contributed by atoms with Crippen LogP contribution in [0.3, 0.4) is 0 Å². The molecule has 1 N–H and O–H groups in total. The van der Waals surface area contributed by atoms with Gasteiger partial charge in [0.25, 0.3) is 11.5 Å². The molecule has 2 aromatic rings. The van der Waals surface area contributed by atoms with E-state index in [2.05, 4.69) is 5.32 Å². The molecular weight excluding hydrogens is 271 g/mol. The van der Waals surface area contributed by atoms with Crippen LogP contribution in [0.5, 0.6) is 0 Å². The summed E-state index contributed by atoms with van der Waals surface area (Å²) >= 11 is 0. The molecule has 0 radical (unpaired) electrons. The topological polar surface area (TPSA) is 51.1 Å². The molecule has 2 aliphatic rings. The Morgan fingerprint density at radius 3 is 2.62 bits per heavy atom. The van der Waals surface area contributed by atoms with Gasteiger partial charge in [0.2, 0.25) is 0 Å². The first-order valence-corrected chi connectivity index (χ1v) is 7.29. The van der Waals surface area contributed by atoms with Gasteiger partial charge in [-0.05, 0) is 55.3 Å². The summed E-state index contributed by atoms with van der Waals surface area (Å²) in [6, 6.07) is 6.05. The van der Waals surface area contributed by atoms with E-state index >= 15 is 0 Å². The average molecular weight is 286 g/mol. The Bertz CT molecular complexity index is 804. The van der Waals surface area contributed by atoms with Gasteiger partial charge in [-0.3, -0.25) is 9.59 Å². The lowest BCUT2D eigenvalue weighted by molar-refractivity contribution is 0.0940. The van der Waals surface area contributed by atoms with Crippen molar-refractivity contribution in [2.45, 2.75) is 37.8 Å². The van der Waals surface area contributed by atoms with Crippen molar-refractivity contribution in [3.63, 3.8) is 0 Å². The molecule has 4 rings (SSSR count). The lowest BCUT2D eigenvalue weighted by Crippen LogP contribution is -2.33. The number of pyridine rings is 1. The molecule has 21 heavy (non-hydrogen) atoms. The zero-order valence-corrected chi connectivity index (χ0v) is 11.4. The highest BCUT2D eigenvalue weighted by molar-refractivity contribution is 5.97. The Morgan fingerprint density at radius 1 is 1.19 bits per heavy atom. The molecule has 0 saturated heterocycles. The SMILES string of the molecule is O=C(NC1CC1)c1cc2cc(F)ccc2c(=O)n1C1CC1. The first kappa shape index (κ1) is 12.6. The molecule has 4 nitrogen and oxygen atoms in total. The molecule has 5 heteroatoms. The third kappa shape index (κ3) is 2.22. The number of rotatable bonds is 3. The molecule has 2 aliphatic carbocycles. The number of halogens is 1. The summed E-state index contributed by atoms with van der Waals surface area (Å²) in [5.41, 5.74) is 0.156. The largest absolute Gasteiger partial charge is 0.348 e. The highest BCUT2D eigenvalue weighted by Crippen LogP contribution is 2.35. The molecule has 0 atom stereocenters. The van der Waals surface area contributed by atoms with E-state index in [1.165, 1.54) is 18.2 Å². The van der Waals surface area contributed by atoms with Crippen molar-refractivity contribution < 1.29 is 9.18 Å². The average Bonchev–Trinajstić information content (AvgIpc) is 3.32. The van der Waals surface area contributed by atoms with Gasteiger partial charge in [-0.15, -0.1) is 0 Å². The van der Waals surface area contributed by atoms with Crippen molar-refractivity contribution >= 4 is 16.7 Å². The quantitative estimate of drug-likeness (QED) is 0.941. The fourth-order valence-corrected chi connectivity index (χ4v) is 2.66. The summed E-state index contributed by atoms with van der Waals surface area (Å²) in [6.45, 7) is 0. The molecule has 1 amide bonds. The van der Waals surface area contributed by atoms with Crippen LogP contribution in [0, 0.1) is 5.82 Å². The molecule has 1 aromatic heterocycles. The number of nitrogens with zero attached hydrogens (tertiary/aromatic N) is 1. The van der Waals surface area contributed by atoms with Gasteiger partial charge in [-0.2, -0.15) is 0 Å². The van der Waals surface area contributed by atoms with Crippen LogP contribution in [0.25, 0.3) is 10.8 Å². The van der Waals surface area contributed by atoms with E-state index in [-0.39, 0.29) is 23.6 Å². The molecule has 2 saturated carbocycles. The van der Waals surface area contributed by atoms with E-state index < -0.39 is 5.82 Å². The summed E-state index contributed by atoms with van der Waals surface area (Å²) in [5.74, 6) is -0.632. The minimum Gasteiger partial charge on any atom is -0.348 e. The number of carbonyl (C=O) groups is 1. The van der Waals surface area contributed by atoms with Gasteiger partial charge >= 0.3 is 0 Å². The van der Waals surface area contributed by atoms with E-state index in [0.29, 0.717) is 16.5 Å². The third-order valence-corrected chi connectivity index (χ3v) is 4.07. The van der Waals surface area contributed by atoms with Crippen molar-refractivity contribution in [2.75, 3.05) is 0 Å². The monoisotopic (exact) mass is 286 g/mol. The van der Waals surface area contributed by atoms with Crippen LogP contribution in [-0.2, 0) is 0 Å². The first-order chi connectivity index (χ1) is 10.1. The maximum Gasteiger partial charge on any atom is 0.268 e. The highest BCUT2D eigenvalue weighted by atomic mass is 19.1. The molecule has 1 heterocycles. The molecular formula is C16H15FN2O2. The predicted octanol–water partition coefficient (Wildman–Crippen LogP) is 2.37. The van der Waals surface area contributed by atoms with Crippen LogP contribution < -0.4 is 10.9 Å². The van der Waals surface area contributed by atoms with Gasteiger partial charge in [0.1, 0.15) is 11.5 Å². The normalized spacial score (nSPS) is 18.0. The zero-order chi connectivity index (χ0) is 14.6. The smallest absolute Gasteiger partial charge is 0.268 e.